The van der Waals surface area contributed by atoms with Gasteiger partial charge < -0.3 is 4.74 Å². The number of para-hydroxylation sites is 1. The molecule has 0 spiro atoms. The van der Waals surface area contributed by atoms with Crippen molar-refractivity contribution < 1.29 is 14.3 Å². The number of allylic oxidation sites excluding steroid dienone is 2. The third kappa shape index (κ3) is 2.23. The minimum absolute atomic E-state index is 0.201. The second-order valence-electron chi connectivity index (χ2n) is 7.17. The molecule has 1 aliphatic carbocycles. The highest BCUT2D eigenvalue weighted by atomic mass is 16.6. The Kier molecular flexibility index (Phi) is 3.17. The smallest absolute Gasteiger partial charge is 0.419 e. The number of amides is 1. The van der Waals surface area contributed by atoms with Gasteiger partial charge in [0.25, 0.3) is 0 Å². The number of ketones is 1. The first-order valence-corrected chi connectivity index (χ1v) is 7.57. The van der Waals surface area contributed by atoms with Crippen molar-refractivity contribution >= 4 is 17.6 Å². The number of hydrogen-bond donors (Lipinski definition) is 0. The van der Waals surface area contributed by atoms with Crippen LogP contribution in [0.4, 0.5) is 10.5 Å². The Bertz CT molecular complexity index is 684. The van der Waals surface area contributed by atoms with Crippen molar-refractivity contribution in [1.82, 2.24) is 0 Å². The minimum Gasteiger partial charge on any atom is -0.443 e. The summed E-state index contributed by atoms with van der Waals surface area (Å²) in [6.45, 7) is 7.58. The summed E-state index contributed by atoms with van der Waals surface area (Å²) >= 11 is 0. The van der Waals surface area contributed by atoms with Crippen molar-refractivity contribution in [1.29, 1.82) is 0 Å². The molecule has 1 aromatic rings. The lowest BCUT2D eigenvalue weighted by Gasteiger charge is -2.32. The molecule has 1 aliphatic heterocycles. The quantitative estimate of drug-likeness (QED) is 0.729. The Labute approximate surface area is 130 Å². The summed E-state index contributed by atoms with van der Waals surface area (Å²) in [7, 11) is 0. The van der Waals surface area contributed by atoms with Crippen LogP contribution in [0.5, 0.6) is 0 Å². The molecule has 0 bridgehead atoms. The SMILES string of the molecule is CC(C)(C)OC(=O)N1C2=CCC(=O)CC2(C)c2ccccc21. The number of hydrogen-bond acceptors (Lipinski definition) is 3. The Morgan fingerprint density at radius 3 is 2.64 bits per heavy atom. The number of rotatable bonds is 0. The van der Waals surface area contributed by atoms with E-state index < -0.39 is 11.0 Å². The third-order valence-electron chi connectivity index (χ3n) is 4.20. The van der Waals surface area contributed by atoms with Gasteiger partial charge in [-0.05, 0) is 39.3 Å². The van der Waals surface area contributed by atoms with Crippen molar-refractivity contribution in [2.45, 2.75) is 51.6 Å². The minimum atomic E-state index is -0.559. The monoisotopic (exact) mass is 299 g/mol. The number of nitrogens with zero attached hydrogens (tertiary/aromatic N) is 1. The second-order valence-corrected chi connectivity index (χ2v) is 7.17. The van der Waals surface area contributed by atoms with E-state index in [0.29, 0.717) is 12.8 Å². The van der Waals surface area contributed by atoms with Crippen molar-refractivity contribution in [3.63, 3.8) is 0 Å². The van der Waals surface area contributed by atoms with Gasteiger partial charge in [-0.2, -0.15) is 0 Å². The van der Waals surface area contributed by atoms with E-state index in [4.69, 9.17) is 4.74 Å². The number of carbonyl (C=O) groups is 2. The van der Waals surface area contributed by atoms with Crippen LogP contribution in [0.2, 0.25) is 0 Å². The van der Waals surface area contributed by atoms with E-state index in [9.17, 15) is 9.59 Å². The van der Waals surface area contributed by atoms with Crippen LogP contribution >= 0.6 is 0 Å². The zero-order valence-corrected chi connectivity index (χ0v) is 13.5. The lowest BCUT2D eigenvalue weighted by molar-refractivity contribution is -0.119. The van der Waals surface area contributed by atoms with E-state index in [-0.39, 0.29) is 11.9 Å². The Morgan fingerprint density at radius 2 is 1.95 bits per heavy atom. The number of ether oxygens (including phenoxy) is 1. The molecule has 1 atom stereocenters. The number of fused-ring (bicyclic) bond motifs is 3. The molecule has 2 aliphatic rings. The van der Waals surface area contributed by atoms with Crippen LogP contribution in [0.3, 0.4) is 0 Å². The molecular weight excluding hydrogens is 278 g/mol. The molecule has 1 unspecified atom stereocenters. The highest BCUT2D eigenvalue weighted by Gasteiger charge is 2.49. The highest BCUT2D eigenvalue weighted by molar-refractivity contribution is 5.99. The van der Waals surface area contributed by atoms with Crippen LogP contribution in [0.1, 0.15) is 46.1 Å². The number of carbonyl (C=O) groups excluding carboxylic acids is 2. The zero-order valence-electron chi connectivity index (χ0n) is 13.5. The summed E-state index contributed by atoms with van der Waals surface area (Å²) in [6.07, 6.45) is 2.28. The largest absolute Gasteiger partial charge is 0.443 e. The maximum Gasteiger partial charge on any atom is 0.419 e. The summed E-state index contributed by atoms with van der Waals surface area (Å²) in [5.74, 6) is 0.201. The first kappa shape index (κ1) is 14.8. The molecule has 0 N–H and O–H groups in total. The van der Waals surface area contributed by atoms with Gasteiger partial charge in [0, 0.05) is 24.0 Å². The number of benzene rings is 1. The van der Waals surface area contributed by atoms with Gasteiger partial charge in [-0.15, -0.1) is 0 Å². The fourth-order valence-corrected chi connectivity index (χ4v) is 3.33. The first-order valence-electron chi connectivity index (χ1n) is 7.57. The Balaban J connectivity index is 2.11. The van der Waals surface area contributed by atoms with E-state index in [2.05, 4.69) is 0 Å². The van der Waals surface area contributed by atoms with Crippen molar-refractivity contribution in [3.8, 4) is 0 Å². The van der Waals surface area contributed by atoms with Gasteiger partial charge in [0.05, 0.1) is 5.69 Å². The van der Waals surface area contributed by atoms with Gasteiger partial charge in [0.15, 0.2) is 0 Å². The molecule has 116 valence electrons. The van der Waals surface area contributed by atoms with Crippen molar-refractivity contribution in [3.05, 3.63) is 41.6 Å². The molecule has 0 saturated carbocycles. The molecule has 1 amide bonds. The number of Topliss-reactive ketones (excluding diaryl/α,β-unsaturated/α-hetero) is 1. The average molecular weight is 299 g/mol. The number of anilines is 1. The first-order chi connectivity index (χ1) is 10.2. The standard InChI is InChI=1S/C18H21NO3/c1-17(2,3)22-16(21)19-14-8-6-5-7-13(14)18(4)11-12(20)9-10-15(18)19/h5-8,10H,9,11H2,1-4H3. The van der Waals surface area contributed by atoms with Gasteiger partial charge >= 0.3 is 6.09 Å². The summed E-state index contributed by atoms with van der Waals surface area (Å²) in [5, 5.41) is 0. The normalized spacial score (nSPS) is 23.7. The average Bonchev–Trinajstić information content (AvgIpc) is 2.65. The lowest BCUT2D eigenvalue weighted by atomic mass is 9.74. The zero-order chi connectivity index (χ0) is 16.1. The molecule has 4 heteroatoms. The van der Waals surface area contributed by atoms with E-state index >= 15 is 0 Å². The summed E-state index contributed by atoms with van der Waals surface area (Å²) in [5.41, 5.74) is 1.70. The fraction of sp³-hybridized carbons (Fsp3) is 0.444. The van der Waals surface area contributed by atoms with E-state index in [1.807, 2.05) is 58.0 Å². The summed E-state index contributed by atoms with van der Waals surface area (Å²) < 4.78 is 5.56. The fourth-order valence-electron chi connectivity index (χ4n) is 3.33. The van der Waals surface area contributed by atoms with Crippen LogP contribution in [0, 0.1) is 0 Å². The molecule has 0 radical (unpaired) electrons. The maximum atomic E-state index is 12.7. The van der Waals surface area contributed by atoms with Gasteiger partial charge in [0.1, 0.15) is 11.4 Å². The predicted octanol–water partition coefficient (Wildman–Crippen LogP) is 3.95. The van der Waals surface area contributed by atoms with Crippen molar-refractivity contribution in [2.24, 2.45) is 0 Å². The molecule has 22 heavy (non-hydrogen) atoms. The van der Waals surface area contributed by atoms with Gasteiger partial charge in [-0.1, -0.05) is 24.3 Å². The molecule has 1 heterocycles. The Morgan fingerprint density at radius 1 is 1.27 bits per heavy atom. The van der Waals surface area contributed by atoms with E-state index in [0.717, 1.165) is 16.9 Å². The van der Waals surface area contributed by atoms with Crippen LogP contribution in [-0.4, -0.2) is 17.5 Å². The maximum absolute atomic E-state index is 12.7. The molecule has 3 rings (SSSR count). The molecule has 0 saturated heterocycles. The van der Waals surface area contributed by atoms with Gasteiger partial charge in [0.2, 0.25) is 0 Å². The van der Waals surface area contributed by atoms with Crippen LogP contribution in [0.15, 0.2) is 36.0 Å². The highest BCUT2D eigenvalue weighted by Crippen LogP contribution is 2.52. The van der Waals surface area contributed by atoms with E-state index in [1.54, 1.807) is 4.90 Å². The van der Waals surface area contributed by atoms with Gasteiger partial charge in [-0.3, -0.25) is 4.79 Å². The summed E-state index contributed by atoms with van der Waals surface area (Å²) in [4.78, 5) is 26.3. The lowest BCUT2D eigenvalue weighted by Crippen LogP contribution is -2.39. The molecule has 0 aromatic heterocycles. The molecule has 0 fully saturated rings. The molecule has 1 aromatic carbocycles. The van der Waals surface area contributed by atoms with Crippen LogP contribution < -0.4 is 4.90 Å². The Hall–Kier alpha value is -2.10. The van der Waals surface area contributed by atoms with Crippen molar-refractivity contribution in [2.75, 3.05) is 4.90 Å². The topological polar surface area (TPSA) is 46.6 Å². The molecular formula is C18H21NO3. The van der Waals surface area contributed by atoms with Crippen LogP contribution in [-0.2, 0) is 14.9 Å². The summed E-state index contributed by atoms with van der Waals surface area (Å²) in [6, 6.07) is 7.75. The molecule has 4 nitrogen and oxygen atoms in total. The van der Waals surface area contributed by atoms with Gasteiger partial charge in [-0.25, -0.2) is 9.69 Å². The third-order valence-corrected chi connectivity index (χ3v) is 4.20. The second kappa shape index (κ2) is 4.70. The van der Waals surface area contributed by atoms with Crippen LogP contribution in [0.25, 0.3) is 0 Å². The predicted molar refractivity (Wildman–Crippen MR) is 84.8 cm³/mol. The van der Waals surface area contributed by atoms with E-state index in [1.165, 1.54) is 0 Å².